The molecule has 5 heteroatoms. The van der Waals surface area contributed by atoms with E-state index in [4.69, 9.17) is 25.8 Å². The predicted octanol–water partition coefficient (Wildman–Crippen LogP) is 3.33. The maximum absolute atomic E-state index is 11.3. The van der Waals surface area contributed by atoms with Crippen LogP contribution in [0.15, 0.2) is 18.2 Å². The Morgan fingerprint density at radius 1 is 1.32 bits per heavy atom. The Morgan fingerprint density at radius 2 is 2.05 bits per heavy atom. The minimum absolute atomic E-state index is 0.236. The molecule has 0 aliphatic heterocycles. The van der Waals surface area contributed by atoms with Crippen molar-refractivity contribution in [1.29, 1.82) is 0 Å². The molecule has 0 saturated heterocycles. The van der Waals surface area contributed by atoms with Crippen LogP contribution in [0.3, 0.4) is 0 Å². The molecule has 4 nitrogen and oxygen atoms in total. The summed E-state index contributed by atoms with van der Waals surface area (Å²) in [7, 11) is 3.17. The Kier molecular flexibility index (Phi) is 6.50. The van der Waals surface area contributed by atoms with Gasteiger partial charge in [-0.05, 0) is 19.4 Å². The first-order valence-electron chi connectivity index (χ1n) is 6.14. The number of hydrogen-bond acceptors (Lipinski definition) is 4. The molecule has 0 aliphatic carbocycles. The average Bonchev–Trinajstić information content (AvgIpc) is 2.44. The summed E-state index contributed by atoms with van der Waals surface area (Å²) in [4.78, 5) is 11.3. The highest BCUT2D eigenvalue weighted by atomic mass is 35.5. The van der Waals surface area contributed by atoms with Crippen molar-refractivity contribution >= 4 is 17.6 Å². The summed E-state index contributed by atoms with van der Waals surface area (Å²) in [6.07, 6.45) is 0.792. The van der Waals surface area contributed by atoms with Gasteiger partial charge in [0.05, 0.1) is 26.2 Å². The third-order valence-electron chi connectivity index (χ3n) is 2.69. The zero-order chi connectivity index (χ0) is 14.3. The maximum atomic E-state index is 11.3. The molecule has 0 spiro atoms. The van der Waals surface area contributed by atoms with Crippen molar-refractivity contribution in [3.05, 3.63) is 23.8 Å². The quantitative estimate of drug-likeness (QED) is 0.570. The van der Waals surface area contributed by atoms with Gasteiger partial charge >= 0.3 is 5.97 Å². The van der Waals surface area contributed by atoms with E-state index in [1.54, 1.807) is 27.2 Å². The zero-order valence-electron chi connectivity index (χ0n) is 11.4. The number of carbonyl (C=O) groups is 1. The molecule has 19 heavy (non-hydrogen) atoms. The fourth-order valence-electron chi connectivity index (χ4n) is 1.71. The molecular formula is C14H19ClO4. The fraction of sp³-hybridized carbons (Fsp3) is 0.500. The summed E-state index contributed by atoms with van der Waals surface area (Å²) < 4.78 is 15.3. The zero-order valence-corrected chi connectivity index (χ0v) is 12.2. The van der Waals surface area contributed by atoms with Gasteiger partial charge < -0.3 is 14.2 Å². The van der Waals surface area contributed by atoms with Crippen molar-refractivity contribution in [2.75, 3.05) is 20.8 Å². The minimum atomic E-state index is -0.301. The second-order valence-corrected chi connectivity index (χ2v) is 4.45. The van der Waals surface area contributed by atoms with Gasteiger partial charge in [0.15, 0.2) is 0 Å². The molecule has 1 aromatic carbocycles. The van der Waals surface area contributed by atoms with Crippen LogP contribution in [0, 0.1) is 0 Å². The number of benzene rings is 1. The van der Waals surface area contributed by atoms with Gasteiger partial charge in [-0.1, -0.05) is 6.07 Å². The Bertz CT molecular complexity index is 420. The van der Waals surface area contributed by atoms with Crippen LogP contribution < -0.4 is 9.47 Å². The molecule has 0 aliphatic rings. The second kappa shape index (κ2) is 7.89. The molecular weight excluding hydrogens is 268 g/mol. The third-order valence-corrected chi connectivity index (χ3v) is 3.14. The Hall–Kier alpha value is -1.42. The minimum Gasteiger partial charge on any atom is -0.497 e. The molecule has 0 fully saturated rings. The summed E-state index contributed by atoms with van der Waals surface area (Å²) in [5.41, 5.74) is 0.842. The highest BCUT2D eigenvalue weighted by Crippen LogP contribution is 2.35. The Labute approximate surface area is 118 Å². The van der Waals surface area contributed by atoms with Crippen LogP contribution in [0.5, 0.6) is 11.5 Å². The maximum Gasteiger partial charge on any atom is 0.305 e. The van der Waals surface area contributed by atoms with E-state index in [-0.39, 0.29) is 17.8 Å². The van der Waals surface area contributed by atoms with Crippen molar-refractivity contribution in [1.82, 2.24) is 0 Å². The van der Waals surface area contributed by atoms with Gasteiger partial charge in [0.2, 0.25) is 0 Å². The number of rotatable bonds is 7. The Morgan fingerprint density at radius 3 is 2.63 bits per heavy atom. The lowest BCUT2D eigenvalue weighted by Gasteiger charge is -2.14. The van der Waals surface area contributed by atoms with Crippen molar-refractivity contribution in [3.63, 3.8) is 0 Å². The highest BCUT2D eigenvalue weighted by molar-refractivity contribution is 6.21. The number of alkyl halides is 1. The first kappa shape index (κ1) is 15.6. The summed E-state index contributed by atoms with van der Waals surface area (Å²) >= 11 is 6.30. The van der Waals surface area contributed by atoms with E-state index in [9.17, 15) is 4.79 Å². The summed E-state index contributed by atoms with van der Waals surface area (Å²) in [6.45, 7) is 2.17. The predicted molar refractivity (Wildman–Crippen MR) is 74.0 cm³/mol. The van der Waals surface area contributed by atoms with E-state index in [0.717, 1.165) is 5.56 Å². The number of esters is 1. The normalized spacial score (nSPS) is 11.8. The largest absolute Gasteiger partial charge is 0.497 e. The van der Waals surface area contributed by atoms with E-state index in [0.29, 0.717) is 24.5 Å². The van der Waals surface area contributed by atoms with Gasteiger partial charge in [0.25, 0.3) is 0 Å². The molecule has 0 aromatic heterocycles. The molecule has 0 bridgehead atoms. The Balaban J connectivity index is 2.70. The first-order valence-corrected chi connectivity index (χ1v) is 6.57. The van der Waals surface area contributed by atoms with Gasteiger partial charge in [-0.15, -0.1) is 11.6 Å². The van der Waals surface area contributed by atoms with E-state index in [1.165, 1.54) is 0 Å². The van der Waals surface area contributed by atoms with Crippen LogP contribution in [-0.2, 0) is 9.53 Å². The van der Waals surface area contributed by atoms with Gasteiger partial charge in [0, 0.05) is 18.1 Å². The van der Waals surface area contributed by atoms with E-state index < -0.39 is 0 Å². The molecule has 106 valence electrons. The fourth-order valence-corrected chi connectivity index (χ4v) is 2.00. The smallest absolute Gasteiger partial charge is 0.305 e. The van der Waals surface area contributed by atoms with Crippen molar-refractivity contribution in [2.24, 2.45) is 0 Å². The number of carbonyl (C=O) groups excluding carboxylic acids is 1. The van der Waals surface area contributed by atoms with E-state index in [2.05, 4.69) is 0 Å². The SMILES string of the molecule is CCOC(=O)CCC(Cl)c1ccc(OC)cc1OC. The molecule has 1 aromatic rings. The van der Waals surface area contributed by atoms with Crippen LogP contribution in [0.25, 0.3) is 0 Å². The van der Waals surface area contributed by atoms with Crippen LogP contribution in [0.4, 0.5) is 0 Å². The topological polar surface area (TPSA) is 44.8 Å². The molecule has 1 atom stereocenters. The second-order valence-electron chi connectivity index (χ2n) is 3.92. The third kappa shape index (κ3) is 4.63. The number of ether oxygens (including phenoxy) is 3. The van der Waals surface area contributed by atoms with Crippen LogP contribution in [0.1, 0.15) is 30.7 Å². The molecule has 0 heterocycles. The van der Waals surface area contributed by atoms with Crippen molar-refractivity contribution in [2.45, 2.75) is 25.1 Å². The highest BCUT2D eigenvalue weighted by Gasteiger charge is 2.16. The van der Waals surface area contributed by atoms with Gasteiger partial charge in [-0.2, -0.15) is 0 Å². The molecule has 0 amide bonds. The molecule has 0 radical (unpaired) electrons. The number of methoxy groups -OCH3 is 2. The van der Waals surface area contributed by atoms with E-state index >= 15 is 0 Å². The average molecular weight is 287 g/mol. The lowest BCUT2D eigenvalue weighted by atomic mass is 10.1. The molecule has 1 rings (SSSR count). The molecule has 0 N–H and O–H groups in total. The lowest BCUT2D eigenvalue weighted by Crippen LogP contribution is -2.05. The molecule has 1 unspecified atom stereocenters. The van der Waals surface area contributed by atoms with Gasteiger partial charge in [-0.25, -0.2) is 0 Å². The van der Waals surface area contributed by atoms with Crippen LogP contribution in [-0.4, -0.2) is 26.8 Å². The summed E-state index contributed by atoms with van der Waals surface area (Å²) in [6, 6.07) is 5.44. The van der Waals surface area contributed by atoms with Crippen LogP contribution >= 0.6 is 11.6 Å². The number of halogens is 1. The van der Waals surface area contributed by atoms with Crippen LogP contribution in [0.2, 0.25) is 0 Å². The summed E-state index contributed by atoms with van der Waals surface area (Å²) in [5, 5.41) is -0.301. The van der Waals surface area contributed by atoms with Gasteiger partial charge in [0.1, 0.15) is 11.5 Å². The lowest BCUT2D eigenvalue weighted by molar-refractivity contribution is -0.143. The van der Waals surface area contributed by atoms with Gasteiger partial charge in [-0.3, -0.25) is 4.79 Å². The standard InChI is InChI=1S/C14H19ClO4/c1-4-19-14(16)8-7-12(15)11-6-5-10(17-2)9-13(11)18-3/h5-6,9,12H,4,7-8H2,1-3H3. The molecule has 0 saturated carbocycles. The van der Waals surface area contributed by atoms with E-state index in [1.807, 2.05) is 12.1 Å². The van der Waals surface area contributed by atoms with Crippen molar-refractivity contribution < 1.29 is 19.0 Å². The first-order chi connectivity index (χ1) is 9.12. The van der Waals surface area contributed by atoms with Crippen molar-refractivity contribution in [3.8, 4) is 11.5 Å². The monoisotopic (exact) mass is 286 g/mol. The number of hydrogen-bond donors (Lipinski definition) is 0. The summed E-state index contributed by atoms with van der Waals surface area (Å²) in [5.74, 6) is 1.12.